The summed E-state index contributed by atoms with van der Waals surface area (Å²) in [6, 6.07) is 0.241. The van der Waals surface area contributed by atoms with Crippen LogP contribution in [0.5, 0.6) is 0 Å². The van der Waals surface area contributed by atoms with E-state index in [0.29, 0.717) is 5.78 Å². The first-order valence-electron chi connectivity index (χ1n) is 3.80. The molecule has 54 valence electrons. The summed E-state index contributed by atoms with van der Waals surface area (Å²) < 4.78 is 0. The van der Waals surface area contributed by atoms with E-state index in [0.717, 1.165) is 25.9 Å². The third-order valence-electron chi connectivity index (χ3n) is 2.32. The van der Waals surface area contributed by atoms with Gasteiger partial charge in [0.1, 0.15) is 0 Å². The molecular formula is C8H11NO. The van der Waals surface area contributed by atoms with Crippen LogP contribution in [-0.2, 0) is 4.79 Å². The summed E-state index contributed by atoms with van der Waals surface area (Å²) in [5.74, 6) is 0.435. The van der Waals surface area contributed by atoms with E-state index in [4.69, 9.17) is 0 Å². The molecule has 2 nitrogen and oxygen atoms in total. The van der Waals surface area contributed by atoms with Crippen molar-refractivity contribution in [1.82, 2.24) is 4.90 Å². The third-order valence-corrected chi connectivity index (χ3v) is 2.32. The number of hydrogen-bond acceptors (Lipinski definition) is 2. The lowest BCUT2D eigenvalue weighted by Gasteiger charge is -2.23. The Hall–Kier alpha value is -0.630. The first-order chi connectivity index (χ1) is 4.88. The standard InChI is InChI=1S/C8H11NO/c10-8-4-6-9-5-2-1-3-7(8)9/h1-2,7H,3-6H2. The van der Waals surface area contributed by atoms with Crippen LogP contribution in [0, 0.1) is 0 Å². The molecule has 1 atom stereocenters. The zero-order valence-corrected chi connectivity index (χ0v) is 5.92. The van der Waals surface area contributed by atoms with Crippen LogP contribution in [0.4, 0.5) is 0 Å². The van der Waals surface area contributed by atoms with Gasteiger partial charge in [0.25, 0.3) is 0 Å². The minimum absolute atomic E-state index is 0.241. The van der Waals surface area contributed by atoms with Gasteiger partial charge in [-0.1, -0.05) is 12.2 Å². The Kier molecular flexibility index (Phi) is 1.34. The van der Waals surface area contributed by atoms with Gasteiger partial charge in [0.05, 0.1) is 6.04 Å². The van der Waals surface area contributed by atoms with E-state index in [1.807, 2.05) is 0 Å². The number of hydrogen-bond donors (Lipinski definition) is 0. The molecule has 0 aromatic rings. The summed E-state index contributed by atoms with van der Waals surface area (Å²) in [7, 11) is 0. The van der Waals surface area contributed by atoms with Crippen LogP contribution in [0.3, 0.4) is 0 Å². The van der Waals surface area contributed by atoms with Crippen LogP contribution in [0.1, 0.15) is 12.8 Å². The second kappa shape index (κ2) is 2.20. The molecule has 10 heavy (non-hydrogen) atoms. The zero-order valence-electron chi connectivity index (χ0n) is 5.92. The van der Waals surface area contributed by atoms with Crippen LogP contribution in [0.2, 0.25) is 0 Å². The second-order valence-electron chi connectivity index (χ2n) is 2.93. The zero-order chi connectivity index (χ0) is 6.97. The fourth-order valence-electron chi connectivity index (χ4n) is 1.71. The molecule has 0 radical (unpaired) electrons. The van der Waals surface area contributed by atoms with Crippen molar-refractivity contribution in [2.24, 2.45) is 0 Å². The average molecular weight is 137 g/mol. The Morgan fingerprint density at radius 2 is 2.40 bits per heavy atom. The van der Waals surface area contributed by atoms with Crippen LogP contribution in [0.25, 0.3) is 0 Å². The largest absolute Gasteiger partial charge is 0.298 e. The van der Waals surface area contributed by atoms with Gasteiger partial charge in [-0.3, -0.25) is 9.69 Å². The maximum Gasteiger partial charge on any atom is 0.151 e. The summed E-state index contributed by atoms with van der Waals surface area (Å²) in [6.07, 6.45) is 5.98. The van der Waals surface area contributed by atoms with Crippen LogP contribution in [0.15, 0.2) is 12.2 Å². The molecule has 1 saturated heterocycles. The molecular weight excluding hydrogens is 126 g/mol. The van der Waals surface area contributed by atoms with E-state index >= 15 is 0 Å². The molecule has 0 aromatic carbocycles. The Labute approximate surface area is 60.5 Å². The number of fused-ring (bicyclic) bond motifs is 1. The van der Waals surface area contributed by atoms with Gasteiger partial charge >= 0.3 is 0 Å². The number of carbonyl (C=O) groups is 1. The number of nitrogens with zero attached hydrogens (tertiary/aromatic N) is 1. The maximum absolute atomic E-state index is 11.1. The summed E-state index contributed by atoms with van der Waals surface area (Å²) in [5, 5.41) is 0. The van der Waals surface area contributed by atoms with Gasteiger partial charge in [0.2, 0.25) is 0 Å². The molecule has 1 fully saturated rings. The lowest BCUT2D eigenvalue weighted by molar-refractivity contribution is -0.119. The molecule has 2 aliphatic heterocycles. The molecule has 0 amide bonds. The maximum atomic E-state index is 11.1. The topological polar surface area (TPSA) is 20.3 Å². The number of carbonyl (C=O) groups excluding carboxylic acids is 1. The van der Waals surface area contributed by atoms with Crippen molar-refractivity contribution in [2.45, 2.75) is 18.9 Å². The quantitative estimate of drug-likeness (QED) is 0.455. The summed E-state index contributed by atoms with van der Waals surface area (Å²) >= 11 is 0. The Morgan fingerprint density at radius 1 is 1.50 bits per heavy atom. The monoisotopic (exact) mass is 137 g/mol. The van der Waals surface area contributed by atoms with Gasteiger partial charge < -0.3 is 0 Å². The molecule has 0 aromatic heterocycles. The van der Waals surface area contributed by atoms with Gasteiger partial charge in [-0.25, -0.2) is 0 Å². The minimum Gasteiger partial charge on any atom is -0.298 e. The fourth-order valence-corrected chi connectivity index (χ4v) is 1.71. The van der Waals surface area contributed by atoms with Crippen LogP contribution >= 0.6 is 0 Å². The van der Waals surface area contributed by atoms with Gasteiger partial charge in [0, 0.05) is 19.5 Å². The predicted octanol–water partition coefficient (Wildman–Crippen LogP) is 0.590. The van der Waals surface area contributed by atoms with Gasteiger partial charge in [-0.05, 0) is 6.42 Å². The second-order valence-corrected chi connectivity index (χ2v) is 2.93. The van der Waals surface area contributed by atoms with Crippen molar-refractivity contribution in [3.05, 3.63) is 12.2 Å². The third kappa shape index (κ3) is 0.797. The molecule has 2 rings (SSSR count). The van der Waals surface area contributed by atoms with Crippen molar-refractivity contribution in [3.63, 3.8) is 0 Å². The SMILES string of the molecule is O=C1CCN2CC=CCC12. The summed E-state index contributed by atoms with van der Waals surface area (Å²) in [4.78, 5) is 13.4. The smallest absolute Gasteiger partial charge is 0.151 e. The van der Waals surface area contributed by atoms with E-state index in [1.54, 1.807) is 0 Å². The highest BCUT2D eigenvalue weighted by atomic mass is 16.1. The van der Waals surface area contributed by atoms with E-state index in [9.17, 15) is 4.79 Å². The van der Waals surface area contributed by atoms with Crippen molar-refractivity contribution < 1.29 is 4.79 Å². The summed E-state index contributed by atoms with van der Waals surface area (Å²) in [5.41, 5.74) is 0. The fraction of sp³-hybridized carbons (Fsp3) is 0.625. The van der Waals surface area contributed by atoms with Crippen molar-refractivity contribution >= 4 is 5.78 Å². The molecule has 2 heterocycles. The van der Waals surface area contributed by atoms with Gasteiger partial charge in [-0.15, -0.1) is 0 Å². The van der Waals surface area contributed by atoms with Gasteiger partial charge in [-0.2, -0.15) is 0 Å². The van der Waals surface area contributed by atoms with Crippen LogP contribution in [-0.4, -0.2) is 29.8 Å². The highest BCUT2D eigenvalue weighted by Crippen LogP contribution is 2.19. The molecule has 2 aliphatic rings. The molecule has 0 aliphatic carbocycles. The Morgan fingerprint density at radius 3 is 3.20 bits per heavy atom. The van der Waals surface area contributed by atoms with Crippen LogP contribution < -0.4 is 0 Å². The van der Waals surface area contributed by atoms with Crippen molar-refractivity contribution in [2.75, 3.05) is 13.1 Å². The molecule has 1 unspecified atom stereocenters. The highest BCUT2D eigenvalue weighted by Gasteiger charge is 2.31. The number of ketones is 1. The number of Topliss-reactive ketones (excluding diaryl/α,β-unsaturated/α-hetero) is 1. The van der Waals surface area contributed by atoms with E-state index in [-0.39, 0.29) is 6.04 Å². The number of rotatable bonds is 0. The molecule has 0 spiro atoms. The molecule has 2 heteroatoms. The first-order valence-corrected chi connectivity index (χ1v) is 3.80. The van der Waals surface area contributed by atoms with Gasteiger partial charge in [0.15, 0.2) is 5.78 Å². The average Bonchev–Trinajstić information content (AvgIpc) is 2.34. The molecule has 0 bridgehead atoms. The molecule has 0 N–H and O–H groups in total. The Balaban J connectivity index is 2.17. The lowest BCUT2D eigenvalue weighted by atomic mass is 10.1. The van der Waals surface area contributed by atoms with E-state index < -0.39 is 0 Å². The van der Waals surface area contributed by atoms with E-state index in [1.165, 1.54) is 0 Å². The normalized spacial score (nSPS) is 32.8. The molecule has 0 saturated carbocycles. The van der Waals surface area contributed by atoms with Crippen molar-refractivity contribution in [1.29, 1.82) is 0 Å². The minimum atomic E-state index is 0.241. The predicted molar refractivity (Wildman–Crippen MR) is 38.7 cm³/mol. The van der Waals surface area contributed by atoms with E-state index in [2.05, 4.69) is 17.1 Å². The van der Waals surface area contributed by atoms with Crippen molar-refractivity contribution in [3.8, 4) is 0 Å². The summed E-state index contributed by atoms with van der Waals surface area (Å²) in [6.45, 7) is 1.96. The first kappa shape index (κ1) is 6.10. The highest BCUT2D eigenvalue weighted by molar-refractivity contribution is 5.86. The lowest BCUT2D eigenvalue weighted by Crippen LogP contribution is -2.34. The Bertz CT molecular complexity index is 186.